The van der Waals surface area contributed by atoms with Gasteiger partial charge in [-0.25, -0.2) is 0 Å². The molecule has 0 aliphatic carbocycles. The second kappa shape index (κ2) is 7.66. The van der Waals surface area contributed by atoms with Crippen molar-refractivity contribution < 1.29 is 0 Å². The molecule has 2 aromatic carbocycles. The second-order valence-electron chi connectivity index (χ2n) is 7.19. The van der Waals surface area contributed by atoms with Crippen LogP contribution in [0.5, 0.6) is 0 Å². The Balaban J connectivity index is 1.74. The van der Waals surface area contributed by atoms with Crippen molar-refractivity contribution in [2.45, 2.75) is 39.5 Å². The Kier molecular flexibility index (Phi) is 5.32. The lowest BCUT2D eigenvalue weighted by molar-refractivity contribution is 0.298. The molecular formula is C23H27N3. The molecule has 26 heavy (non-hydrogen) atoms. The highest BCUT2D eigenvalue weighted by Gasteiger charge is 2.23. The molecule has 3 rings (SSSR count). The number of hydrogen-bond donors (Lipinski definition) is 1. The van der Waals surface area contributed by atoms with E-state index < -0.39 is 0 Å². The van der Waals surface area contributed by atoms with Crippen LogP contribution in [0.15, 0.2) is 42.5 Å². The molecule has 1 saturated heterocycles. The number of anilines is 1. The molecule has 0 bridgehead atoms. The lowest BCUT2D eigenvalue weighted by atomic mass is 9.88. The van der Waals surface area contributed by atoms with Crippen molar-refractivity contribution in [2.24, 2.45) is 0 Å². The van der Waals surface area contributed by atoms with E-state index in [1.54, 1.807) is 0 Å². The minimum absolute atomic E-state index is 0.571. The molecule has 1 aliphatic rings. The Morgan fingerprint density at radius 3 is 2.35 bits per heavy atom. The van der Waals surface area contributed by atoms with Crippen molar-refractivity contribution >= 4 is 11.4 Å². The van der Waals surface area contributed by atoms with Gasteiger partial charge in [-0.2, -0.15) is 5.26 Å². The summed E-state index contributed by atoms with van der Waals surface area (Å²) in [4.78, 5) is 2.48. The van der Waals surface area contributed by atoms with E-state index in [-0.39, 0.29) is 0 Å². The van der Waals surface area contributed by atoms with Crippen LogP contribution in [0.2, 0.25) is 0 Å². The average Bonchev–Trinajstić information content (AvgIpc) is 2.67. The summed E-state index contributed by atoms with van der Waals surface area (Å²) in [6.45, 7) is 8.41. The molecule has 1 aliphatic heterocycles. The molecule has 0 radical (unpaired) electrons. The predicted molar refractivity (Wildman–Crippen MR) is 109 cm³/mol. The third-order valence-corrected chi connectivity index (χ3v) is 5.51. The highest BCUT2D eigenvalue weighted by Crippen LogP contribution is 2.34. The van der Waals surface area contributed by atoms with E-state index in [0.29, 0.717) is 5.92 Å². The molecule has 3 nitrogen and oxygen atoms in total. The fraction of sp³-hybridized carbons (Fsp3) is 0.348. The molecule has 3 heteroatoms. The smallest absolute Gasteiger partial charge is 0.0991 e. The summed E-state index contributed by atoms with van der Waals surface area (Å²) in [5.41, 5.74) is 14.0. The van der Waals surface area contributed by atoms with E-state index in [4.69, 9.17) is 11.0 Å². The van der Waals surface area contributed by atoms with Crippen LogP contribution in [0.1, 0.15) is 53.5 Å². The zero-order valence-electron chi connectivity index (χ0n) is 15.9. The largest absolute Gasteiger partial charge is 0.398 e. The Morgan fingerprint density at radius 2 is 1.77 bits per heavy atom. The number of rotatable bonds is 3. The SMILES string of the molecule is C/C=C(/c1cc(N)c(C)cc1C)N1CCC(c2ccc(C#N)cc2)CC1. The summed E-state index contributed by atoms with van der Waals surface area (Å²) in [7, 11) is 0. The van der Waals surface area contributed by atoms with Crippen LogP contribution in [0.3, 0.4) is 0 Å². The van der Waals surface area contributed by atoms with Crippen LogP contribution in [-0.4, -0.2) is 18.0 Å². The first-order valence-corrected chi connectivity index (χ1v) is 9.32. The molecule has 0 unspecified atom stereocenters. The standard InChI is InChI=1S/C23H27N3/c1-4-23(21-14-22(25)17(3)13-16(21)2)26-11-9-20(10-12-26)19-7-5-18(15-24)6-8-19/h4-8,13-14,20H,9-12,25H2,1-3H3/b23-4-. The average molecular weight is 345 g/mol. The van der Waals surface area contributed by atoms with Gasteiger partial charge in [0.05, 0.1) is 11.6 Å². The van der Waals surface area contributed by atoms with Crippen LogP contribution in [0.4, 0.5) is 5.69 Å². The number of nitrogens with two attached hydrogens (primary N) is 1. The molecule has 0 spiro atoms. The van der Waals surface area contributed by atoms with E-state index in [1.165, 1.54) is 22.4 Å². The maximum Gasteiger partial charge on any atom is 0.0991 e. The van der Waals surface area contributed by atoms with Crippen LogP contribution in [-0.2, 0) is 0 Å². The number of nitrogens with zero attached hydrogens (tertiary/aromatic N) is 2. The van der Waals surface area contributed by atoms with Gasteiger partial charge in [0.1, 0.15) is 0 Å². The van der Waals surface area contributed by atoms with Gasteiger partial charge in [0.25, 0.3) is 0 Å². The summed E-state index contributed by atoms with van der Waals surface area (Å²) in [5.74, 6) is 0.571. The first kappa shape index (κ1) is 18.1. The molecule has 1 heterocycles. The number of piperidine rings is 1. The number of likely N-dealkylation sites (tertiary alicyclic amines) is 1. The van der Waals surface area contributed by atoms with Gasteiger partial charge in [-0.15, -0.1) is 0 Å². The van der Waals surface area contributed by atoms with Crippen molar-refractivity contribution in [1.82, 2.24) is 4.90 Å². The number of benzene rings is 2. The van der Waals surface area contributed by atoms with E-state index in [9.17, 15) is 0 Å². The molecule has 0 aromatic heterocycles. The van der Waals surface area contributed by atoms with Gasteiger partial charge in [-0.05, 0) is 74.4 Å². The number of allylic oxidation sites excluding steroid dienone is 1. The topological polar surface area (TPSA) is 53.0 Å². The highest BCUT2D eigenvalue weighted by molar-refractivity contribution is 5.71. The summed E-state index contributed by atoms with van der Waals surface area (Å²) in [6.07, 6.45) is 4.46. The first-order chi connectivity index (χ1) is 12.5. The molecule has 1 fully saturated rings. The normalized spacial score (nSPS) is 15.8. The van der Waals surface area contributed by atoms with E-state index >= 15 is 0 Å². The van der Waals surface area contributed by atoms with Gasteiger partial charge in [0.2, 0.25) is 0 Å². The maximum atomic E-state index is 8.96. The van der Waals surface area contributed by atoms with E-state index in [0.717, 1.165) is 42.7 Å². The lowest BCUT2D eigenvalue weighted by Gasteiger charge is -2.36. The van der Waals surface area contributed by atoms with Crippen LogP contribution >= 0.6 is 0 Å². The van der Waals surface area contributed by atoms with E-state index in [2.05, 4.69) is 62.1 Å². The van der Waals surface area contributed by atoms with Gasteiger partial charge >= 0.3 is 0 Å². The summed E-state index contributed by atoms with van der Waals surface area (Å²) >= 11 is 0. The summed E-state index contributed by atoms with van der Waals surface area (Å²) in [5, 5.41) is 8.96. The lowest BCUT2D eigenvalue weighted by Crippen LogP contribution is -2.32. The van der Waals surface area contributed by atoms with Crippen LogP contribution < -0.4 is 5.73 Å². The van der Waals surface area contributed by atoms with Crippen molar-refractivity contribution in [3.63, 3.8) is 0 Å². The third-order valence-electron chi connectivity index (χ3n) is 5.51. The number of nitrogen functional groups attached to an aromatic ring is 1. The van der Waals surface area contributed by atoms with Crippen molar-refractivity contribution in [1.29, 1.82) is 5.26 Å². The van der Waals surface area contributed by atoms with Crippen molar-refractivity contribution in [3.05, 3.63) is 70.3 Å². The Bertz CT molecular complexity index is 848. The monoisotopic (exact) mass is 345 g/mol. The summed E-state index contributed by atoms with van der Waals surface area (Å²) < 4.78 is 0. The zero-order chi connectivity index (χ0) is 18.7. The fourth-order valence-electron chi connectivity index (χ4n) is 3.94. The second-order valence-corrected chi connectivity index (χ2v) is 7.19. The molecule has 2 N–H and O–H groups in total. The zero-order valence-corrected chi connectivity index (χ0v) is 15.9. The molecule has 2 aromatic rings. The first-order valence-electron chi connectivity index (χ1n) is 9.32. The van der Waals surface area contributed by atoms with Gasteiger partial charge < -0.3 is 10.6 Å². The Labute approximate surface area is 156 Å². The number of nitriles is 1. The minimum Gasteiger partial charge on any atom is -0.398 e. The molecule has 0 saturated carbocycles. The van der Waals surface area contributed by atoms with Gasteiger partial charge in [0.15, 0.2) is 0 Å². The molecule has 0 atom stereocenters. The minimum atomic E-state index is 0.571. The van der Waals surface area contributed by atoms with Crippen LogP contribution in [0.25, 0.3) is 5.70 Å². The highest BCUT2D eigenvalue weighted by atomic mass is 15.1. The maximum absolute atomic E-state index is 8.96. The van der Waals surface area contributed by atoms with E-state index in [1.807, 2.05) is 12.1 Å². The fourth-order valence-corrected chi connectivity index (χ4v) is 3.94. The molecule has 0 amide bonds. The molecule has 134 valence electrons. The third kappa shape index (κ3) is 3.60. The van der Waals surface area contributed by atoms with Gasteiger partial charge in [0, 0.05) is 30.0 Å². The number of hydrogen-bond acceptors (Lipinski definition) is 3. The van der Waals surface area contributed by atoms with Crippen LogP contribution in [0, 0.1) is 25.2 Å². The van der Waals surface area contributed by atoms with Crippen molar-refractivity contribution in [2.75, 3.05) is 18.8 Å². The van der Waals surface area contributed by atoms with Gasteiger partial charge in [-0.1, -0.05) is 24.3 Å². The Hall–Kier alpha value is -2.73. The van der Waals surface area contributed by atoms with Gasteiger partial charge in [-0.3, -0.25) is 0 Å². The Morgan fingerprint density at radius 1 is 1.12 bits per heavy atom. The van der Waals surface area contributed by atoms with Crippen molar-refractivity contribution in [3.8, 4) is 6.07 Å². The summed E-state index contributed by atoms with van der Waals surface area (Å²) in [6, 6.07) is 14.6. The quantitative estimate of drug-likeness (QED) is 0.797. The predicted octanol–water partition coefficient (Wildman–Crippen LogP) is 5.00. The molecular weight excluding hydrogens is 318 g/mol. The number of aryl methyl sites for hydroxylation is 2.